The summed E-state index contributed by atoms with van der Waals surface area (Å²) >= 11 is 0. The fraction of sp³-hybridized carbons (Fsp3) is 0.862. The van der Waals surface area contributed by atoms with Gasteiger partial charge in [-0.15, -0.1) is 0 Å². The number of aliphatic hydroxyl groups excluding tert-OH is 1. The Morgan fingerprint density at radius 3 is 1.86 bits per heavy atom. The molecule has 1 rings (SSSR count). The van der Waals surface area contributed by atoms with Gasteiger partial charge in [-0.2, -0.15) is 0 Å². The van der Waals surface area contributed by atoms with Crippen LogP contribution in [-0.4, -0.2) is 42.0 Å². The number of cyclic esters (lactones) is 1. The van der Waals surface area contributed by atoms with Gasteiger partial charge in [-0.1, -0.05) is 117 Å². The summed E-state index contributed by atoms with van der Waals surface area (Å²) in [5.74, 6) is -0.918. The molecule has 0 spiro atoms. The highest BCUT2D eigenvalue weighted by Gasteiger charge is 2.31. The number of aliphatic hydroxyl groups is 1. The van der Waals surface area contributed by atoms with Gasteiger partial charge in [-0.3, -0.25) is 4.79 Å². The van der Waals surface area contributed by atoms with Crippen LogP contribution in [0.1, 0.15) is 136 Å². The number of rotatable bonds is 23. The highest BCUT2D eigenvalue weighted by molar-refractivity contribution is 5.86. The number of esters is 2. The molecule has 204 valence electrons. The van der Waals surface area contributed by atoms with Crippen molar-refractivity contribution in [2.45, 2.75) is 155 Å². The molecular weight excluding hydrogens is 442 g/mol. The lowest BCUT2D eigenvalue weighted by Crippen LogP contribution is -2.40. The first-order valence-corrected chi connectivity index (χ1v) is 14.5. The molecule has 3 atom stereocenters. The lowest BCUT2D eigenvalue weighted by molar-refractivity contribution is -0.155. The normalized spacial score (nSPS) is 17.2. The van der Waals surface area contributed by atoms with E-state index in [1.807, 2.05) is 0 Å². The van der Waals surface area contributed by atoms with Crippen molar-refractivity contribution in [3.8, 4) is 0 Å². The standard InChI is InChI=1S/C29H53NO5/c1-4-6-8-10-12-14-16-18-20-22-30-26(21-19-17-15-13-11-9-7-5-2)29(33)34-24(3)25-23-27(31)35-28(25)32/h23-24,26,28,30,32H,4-22H2,1-3H3. The summed E-state index contributed by atoms with van der Waals surface area (Å²) in [6.07, 6.45) is 21.1. The van der Waals surface area contributed by atoms with Crippen molar-refractivity contribution in [2.75, 3.05) is 6.54 Å². The van der Waals surface area contributed by atoms with Crippen LogP contribution in [0.3, 0.4) is 0 Å². The van der Waals surface area contributed by atoms with E-state index in [1.165, 1.54) is 96.0 Å². The fourth-order valence-electron chi connectivity index (χ4n) is 4.56. The highest BCUT2D eigenvalue weighted by atomic mass is 16.6. The molecule has 6 heteroatoms. The lowest BCUT2D eigenvalue weighted by atomic mass is 10.0. The molecule has 6 nitrogen and oxygen atoms in total. The van der Waals surface area contributed by atoms with E-state index in [0.717, 1.165) is 32.2 Å². The Hall–Kier alpha value is -1.40. The van der Waals surface area contributed by atoms with E-state index in [-0.39, 0.29) is 12.0 Å². The molecule has 0 saturated carbocycles. The number of carbonyl (C=O) groups is 2. The van der Waals surface area contributed by atoms with Crippen molar-refractivity contribution in [1.82, 2.24) is 5.32 Å². The molecule has 0 amide bonds. The van der Waals surface area contributed by atoms with Gasteiger partial charge in [0.15, 0.2) is 0 Å². The minimum atomic E-state index is -1.33. The molecule has 0 saturated heterocycles. The van der Waals surface area contributed by atoms with Gasteiger partial charge in [-0.05, 0) is 26.3 Å². The number of unbranched alkanes of at least 4 members (excludes halogenated alkanes) is 15. The first kappa shape index (κ1) is 31.6. The SMILES string of the molecule is CCCCCCCCCCCNC(CCCCCCCCCC)C(=O)OC(C)C1=CC(=O)OC1O. The van der Waals surface area contributed by atoms with Crippen molar-refractivity contribution >= 4 is 11.9 Å². The zero-order valence-corrected chi connectivity index (χ0v) is 22.8. The van der Waals surface area contributed by atoms with Crippen LogP contribution in [0.25, 0.3) is 0 Å². The second-order valence-corrected chi connectivity index (χ2v) is 10.1. The second-order valence-electron chi connectivity index (χ2n) is 10.1. The third kappa shape index (κ3) is 15.3. The zero-order chi connectivity index (χ0) is 25.7. The smallest absolute Gasteiger partial charge is 0.333 e. The van der Waals surface area contributed by atoms with Crippen LogP contribution in [-0.2, 0) is 19.1 Å². The van der Waals surface area contributed by atoms with Gasteiger partial charge in [0.2, 0.25) is 6.29 Å². The van der Waals surface area contributed by atoms with Crippen molar-refractivity contribution in [3.05, 3.63) is 11.6 Å². The molecule has 3 unspecified atom stereocenters. The summed E-state index contributed by atoms with van der Waals surface area (Å²) in [7, 11) is 0. The first-order valence-electron chi connectivity index (χ1n) is 14.5. The number of hydrogen-bond donors (Lipinski definition) is 2. The molecule has 35 heavy (non-hydrogen) atoms. The number of carbonyl (C=O) groups excluding carboxylic acids is 2. The third-order valence-electron chi connectivity index (χ3n) is 6.86. The molecule has 0 fully saturated rings. The van der Waals surface area contributed by atoms with Crippen LogP contribution in [0.5, 0.6) is 0 Å². The van der Waals surface area contributed by atoms with E-state index in [2.05, 4.69) is 19.2 Å². The molecular formula is C29H53NO5. The maximum atomic E-state index is 12.9. The molecule has 0 aromatic carbocycles. The summed E-state index contributed by atoms with van der Waals surface area (Å²) in [5.41, 5.74) is 0.299. The Morgan fingerprint density at radius 1 is 0.886 bits per heavy atom. The Labute approximate surface area is 214 Å². The summed E-state index contributed by atoms with van der Waals surface area (Å²) < 4.78 is 10.3. The number of nitrogens with one attached hydrogen (secondary N) is 1. The molecule has 0 radical (unpaired) electrons. The largest absolute Gasteiger partial charge is 0.457 e. The van der Waals surface area contributed by atoms with Crippen molar-refractivity contribution < 1.29 is 24.2 Å². The van der Waals surface area contributed by atoms with Gasteiger partial charge in [0.1, 0.15) is 12.1 Å². The summed E-state index contributed by atoms with van der Waals surface area (Å²) in [6.45, 7) is 6.95. The summed E-state index contributed by atoms with van der Waals surface area (Å²) in [5, 5.41) is 13.3. The molecule has 0 bridgehead atoms. The monoisotopic (exact) mass is 495 g/mol. The van der Waals surface area contributed by atoms with E-state index in [4.69, 9.17) is 9.47 Å². The van der Waals surface area contributed by atoms with E-state index < -0.39 is 18.4 Å². The van der Waals surface area contributed by atoms with Crippen LogP contribution in [0, 0.1) is 0 Å². The van der Waals surface area contributed by atoms with Crippen LogP contribution < -0.4 is 5.32 Å². The van der Waals surface area contributed by atoms with Gasteiger partial charge in [-0.25, -0.2) is 4.79 Å². The molecule has 1 aliphatic rings. The Kier molecular flexibility index (Phi) is 18.8. The van der Waals surface area contributed by atoms with Crippen LogP contribution in [0.4, 0.5) is 0 Å². The van der Waals surface area contributed by atoms with Gasteiger partial charge in [0.05, 0.1) is 0 Å². The average Bonchev–Trinajstić information content (AvgIpc) is 3.18. The predicted molar refractivity (Wildman–Crippen MR) is 142 cm³/mol. The van der Waals surface area contributed by atoms with Crippen molar-refractivity contribution in [1.29, 1.82) is 0 Å². The predicted octanol–water partition coefficient (Wildman–Crippen LogP) is 6.74. The number of ether oxygens (including phenoxy) is 2. The highest BCUT2D eigenvalue weighted by Crippen LogP contribution is 2.20. The van der Waals surface area contributed by atoms with E-state index in [0.29, 0.717) is 5.57 Å². The molecule has 0 aliphatic carbocycles. The van der Waals surface area contributed by atoms with Crippen LogP contribution in [0.15, 0.2) is 11.6 Å². The third-order valence-corrected chi connectivity index (χ3v) is 6.86. The van der Waals surface area contributed by atoms with Gasteiger partial charge in [0, 0.05) is 11.6 Å². The molecule has 0 aromatic heterocycles. The van der Waals surface area contributed by atoms with Gasteiger partial charge >= 0.3 is 11.9 Å². The zero-order valence-electron chi connectivity index (χ0n) is 22.8. The van der Waals surface area contributed by atoms with Crippen LogP contribution >= 0.6 is 0 Å². The lowest BCUT2D eigenvalue weighted by Gasteiger charge is -2.22. The van der Waals surface area contributed by atoms with Crippen molar-refractivity contribution in [3.63, 3.8) is 0 Å². The Morgan fingerprint density at radius 2 is 1.37 bits per heavy atom. The molecule has 2 N–H and O–H groups in total. The Bertz CT molecular complexity index is 592. The van der Waals surface area contributed by atoms with E-state index in [1.54, 1.807) is 6.92 Å². The topological polar surface area (TPSA) is 84.9 Å². The minimum absolute atomic E-state index is 0.299. The first-order chi connectivity index (χ1) is 17.0. The van der Waals surface area contributed by atoms with Crippen molar-refractivity contribution in [2.24, 2.45) is 0 Å². The van der Waals surface area contributed by atoms with Gasteiger partial charge in [0.25, 0.3) is 0 Å². The second kappa shape index (κ2) is 20.8. The van der Waals surface area contributed by atoms with E-state index >= 15 is 0 Å². The van der Waals surface area contributed by atoms with E-state index in [9.17, 15) is 14.7 Å². The van der Waals surface area contributed by atoms with Gasteiger partial charge < -0.3 is 19.9 Å². The maximum Gasteiger partial charge on any atom is 0.333 e. The summed E-state index contributed by atoms with van der Waals surface area (Å²) in [6, 6.07) is -0.359. The minimum Gasteiger partial charge on any atom is -0.457 e. The molecule has 1 heterocycles. The molecule has 0 aromatic rings. The van der Waals surface area contributed by atoms with Crippen LogP contribution in [0.2, 0.25) is 0 Å². The average molecular weight is 496 g/mol. The molecule has 1 aliphatic heterocycles. The summed E-state index contributed by atoms with van der Waals surface area (Å²) in [4.78, 5) is 24.3. The quantitative estimate of drug-likeness (QED) is 0.121. The fourth-order valence-corrected chi connectivity index (χ4v) is 4.56. The maximum absolute atomic E-state index is 12.9. The number of hydrogen-bond acceptors (Lipinski definition) is 6. The Balaban J connectivity index is 2.37.